The number of halogens is 3. The van der Waals surface area contributed by atoms with Crippen LogP contribution in [-0.4, -0.2) is 12.7 Å². The summed E-state index contributed by atoms with van der Waals surface area (Å²) < 4.78 is 16.5. The van der Waals surface area contributed by atoms with Crippen molar-refractivity contribution in [3.63, 3.8) is 0 Å². The lowest BCUT2D eigenvalue weighted by molar-refractivity contribution is 0.192. The van der Waals surface area contributed by atoms with E-state index in [9.17, 15) is 4.39 Å². The Morgan fingerprint density at radius 2 is 2.14 bits per heavy atom. The SMILES string of the molecule is FCOc1ccc(CCCCl)c(Cl)c1. The van der Waals surface area contributed by atoms with E-state index < -0.39 is 6.86 Å². The van der Waals surface area contributed by atoms with Gasteiger partial charge in [0, 0.05) is 10.9 Å². The Morgan fingerprint density at radius 3 is 2.71 bits per heavy atom. The van der Waals surface area contributed by atoms with E-state index in [-0.39, 0.29) is 0 Å². The van der Waals surface area contributed by atoms with E-state index in [0.29, 0.717) is 16.7 Å². The number of alkyl halides is 2. The molecule has 0 spiro atoms. The molecule has 0 amide bonds. The Labute approximate surface area is 92.8 Å². The highest BCUT2D eigenvalue weighted by Crippen LogP contribution is 2.23. The molecule has 0 atom stereocenters. The maximum absolute atomic E-state index is 11.8. The largest absolute Gasteiger partial charge is 0.463 e. The first-order valence-electron chi connectivity index (χ1n) is 4.31. The molecule has 0 N–H and O–H groups in total. The van der Waals surface area contributed by atoms with Gasteiger partial charge in [0.05, 0.1) is 0 Å². The summed E-state index contributed by atoms with van der Waals surface area (Å²) >= 11 is 11.5. The number of rotatable bonds is 5. The minimum Gasteiger partial charge on any atom is -0.463 e. The van der Waals surface area contributed by atoms with Gasteiger partial charge >= 0.3 is 0 Å². The van der Waals surface area contributed by atoms with Gasteiger partial charge in [0.25, 0.3) is 0 Å². The van der Waals surface area contributed by atoms with Crippen LogP contribution >= 0.6 is 23.2 Å². The summed E-state index contributed by atoms with van der Waals surface area (Å²) in [6.45, 7) is -0.836. The van der Waals surface area contributed by atoms with Crippen LogP contribution in [-0.2, 0) is 6.42 Å². The van der Waals surface area contributed by atoms with E-state index in [1.54, 1.807) is 12.1 Å². The van der Waals surface area contributed by atoms with Crippen LogP contribution in [0.4, 0.5) is 4.39 Å². The van der Waals surface area contributed by atoms with Gasteiger partial charge in [0.2, 0.25) is 6.86 Å². The van der Waals surface area contributed by atoms with Crippen molar-refractivity contribution in [2.45, 2.75) is 12.8 Å². The quantitative estimate of drug-likeness (QED) is 0.707. The third-order valence-corrected chi connectivity index (χ3v) is 2.44. The minimum absolute atomic E-state index is 0.451. The molecule has 0 aliphatic carbocycles. The summed E-state index contributed by atoms with van der Waals surface area (Å²) in [5.41, 5.74) is 1.01. The molecule has 0 heterocycles. The third-order valence-electron chi connectivity index (χ3n) is 1.83. The second-order valence-corrected chi connectivity index (χ2v) is 3.58. The molecule has 1 aromatic carbocycles. The summed E-state index contributed by atoms with van der Waals surface area (Å²) in [7, 11) is 0. The van der Waals surface area contributed by atoms with Crippen molar-refractivity contribution in [3.05, 3.63) is 28.8 Å². The van der Waals surface area contributed by atoms with Gasteiger partial charge < -0.3 is 4.74 Å². The first-order chi connectivity index (χ1) is 6.77. The lowest BCUT2D eigenvalue weighted by Crippen LogP contribution is -1.92. The molecule has 0 fully saturated rings. The fourth-order valence-electron chi connectivity index (χ4n) is 1.14. The summed E-state index contributed by atoms with van der Waals surface area (Å²) in [4.78, 5) is 0. The number of hydrogen-bond acceptors (Lipinski definition) is 1. The fraction of sp³-hybridized carbons (Fsp3) is 0.400. The maximum atomic E-state index is 11.8. The standard InChI is InChI=1S/C10H11Cl2FO/c11-5-1-2-8-3-4-9(14-7-13)6-10(8)12/h3-4,6H,1-2,5,7H2. The average Bonchev–Trinajstić information content (AvgIpc) is 2.17. The van der Waals surface area contributed by atoms with Gasteiger partial charge in [0.1, 0.15) is 5.75 Å². The van der Waals surface area contributed by atoms with Gasteiger partial charge in [-0.05, 0) is 30.5 Å². The van der Waals surface area contributed by atoms with Crippen molar-refractivity contribution in [2.75, 3.05) is 12.7 Å². The van der Waals surface area contributed by atoms with Crippen LogP contribution in [0.2, 0.25) is 5.02 Å². The highest BCUT2D eigenvalue weighted by atomic mass is 35.5. The third kappa shape index (κ3) is 3.35. The average molecular weight is 237 g/mol. The molecule has 14 heavy (non-hydrogen) atoms. The summed E-state index contributed by atoms with van der Waals surface area (Å²) in [6.07, 6.45) is 1.71. The van der Waals surface area contributed by atoms with Gasteiger partial charge in [-0.2, -0.15) is 0 Å². The van der Waals surface area contributed by atoms with E-state index in [4.69, 9.17) is 23.2 Å². The zero-order chi connectivity index (χ0) is 10.4. The van der Waals surface area contributed by atoms with Crippen molar-refractivity contribution in [1.29, 1.82) is 0 Å². The second kappa shape index (κ2) is 6.10. The minimum atomic E-state index is -0.836. The van der Waals surface area contributed by atoms with E-state index in [2.05, 4.69) is 4.74 Å². The smallest absolute Gasteiger partial charge is 0.228 e. The highest BCUT2D eigenvalue weighted by Gasteiger charge is 2.02. The Hall–Kier alpha value is -0.470. The first kappa shape index (κ1) is 11.6. The summed E-state index contributed by atoms with van der Waals surface area (Å²) in [5, 5.41) is 0.598. The van der Waals surface area contributed by atoms with Crippen LogP contribution in [0.15, 0.2) is 18.2 Å². The second-order valence-electron chi connectivity index (χ2n) is 2.80. The number of aryl methyl sites for hydroxylation is 1. The molecule has 78 valence electrons. The predicted molar refractivity (Wildman–Crippen MR) is 57.1 cm³/mol. The monoisotopic (exact) mass is 236 g/mol. The van der Waals surface area contributed by atoms with E-state index in [1.165, 1.54) is 0 Å². The maximum Gasteiger partial charge on any atom is 0.228 e. The van der Waals surface area contributed by atoms with Gasteiger partial charge in [-0.15, -0.1) is 11.6 Å². The molecule has 0 aliphatic heterocycles. The van der Waals surface area contributed by atoms with Crippen LogP contribution in [0.5, 0.6) is 5.75 Å². The van der Waals surface area contributed by atoms with Crippen molar-refractivity contribution >= 4 is 23.2 Å². The van der Waals surface area contributed by atoms with Crippen molar-refractivity contribution in [3.8, 4) is 5.75 Å². The predicted octanol–water partition coefficient (Wildman–Crippen LogP) is 3.82. The molecule has 0 unspecified atom stereocenters. The molecule has 0 radical (unpaired) electrons. The Morgan fingerprint density at radius 1 is 1.36 bits per heavy atom. The molecule has 1 nitrogen and oxygen atoms in total. The van der Waals surface area contributed by atoms with Crippen LogP contribution < -0.4 is 4.74 Å². The van der Waals surface area contributed by atoms with Crippen LogP contribution in [0.3, 0.4) is 0 Å². The normalized spacial score (nSPS) is 10.2. The molecule has 0 saturated carbocycles. The van der Waals surface area contributed by atoms with Crippen molar-refractivity contribution in [1.82, 2.24) is 0 Å². The lowest BCUT2D eigenvalue weighted by Gasteiger charge is -2.05. The summed E-state index contributed by atoms with van der Waals surface area (Å²) in [5.74, 6) is 1.06. The number of hydrogen-bond donors (Lipinski definition) is 0. The lowest BCUT2D eigenvalue weighted by atomic mass is 10.1. The Bertz CT molecular complexity index is 291. The zero-order valence-corrected chi connectivity index (χ0v) is 9.11. The Balaban J connectivity index is 2.68. The van der Waals surface area contributed by atoms with Crippen LogP contribution in [0, 0.1) is 0 Å². The van der Waals surface area contributed by atoms with Gasteiger partial charge in [0.15, 0.2) is 0 Å². The van der Waals surface area contributed by atoms with Crippen LogP contribution in [0.1, 0.15) is 12.0 Å². The highest BCUT2D eigenvalue weighted by molar-refractivity contribution is 6.31. The molecule has 4 heteroatoms. The molecule has 0 bridgehead atoms. The first-order valence-corrected chi connectivity index (χ1v) is 5.22. The topological polar surface area (TPSA) is 9.23 Å². The Kier molecular flexibility index (Phi) is 5.05. The van der Waals surface area contributed by atoms with Gasteiger partial charge in [-0.3, -0.25) is 0 Å². The van der Waals surface area contributed by atoms with Crippen LogP contribution in [0.25, 0.3) is 0 Å². The van der Waals surface area contributed by atoms with Crippen molar-refractivity contribution in [2.24, 2.45) is 0 Å². The number of ether oxygens (including phenoxy) is 1. The number of benzene rings is 1. The molecule has 1 rings (SSSR count). The van der Waals surface area contributed by atoms with Gasteiger partial charge in [-0.1, -0.05) is 17.7 Å². The molecular weight excluding hydrogens is 226 g/mol. The molecular formula is C10H11Cl2FO. The molecule has 0 saturated heterocycles. The molecule has 0 aliphatic rings. The van der Waals surface area contributed by atoms with Gasteiger partial charge in [-0.25, -0.2) is 4.39 Å². The van der Waals surface area contributed by atoms with Crippen molar-refractivity contribution < 1.29 is 9.13 Å². The van der Waals surface area contributed by atoms with E-state index >= 15 is 0 Å². The molecule has 1 aromatic rings. The van der Waals surface area contributed by atoms with E-state index in [0.717, 1.165) is 18.4 Å². The molecule has 0 aromatic heterocycles. The van der Waals surface area contributed by atoms with E-state index in [1.807, 2.05) is 6.07 Å². The fourth-order valence-corrected chi connectivity index (χ4v) is 1.54. The zero-order valence-electron chi connectivity index (χ0n) is 7.60. The summed E-state index contributed by atoms with van der Waals surface area (Å²) in [6, 6.07) is 5.15.